The number of carbonyl (C=O) groups is 2. The number of rotatable bonds is 5. The fraction of sp³-hybridized carbons (Fsp3) is 0.294. The zero-order valence-electron chi connectivity index (χ0n) is 12.8. The Morgan fingerprint density at radius 1 is 1.17 bits per heavy atom. The number of amides is 3. The first kappa shape index (κ1) is 15.3. The van der Waals surface area contributed by atoms with Gasteiger partial charge in [0.2, 0.25) is 5.91 Å². The lowest BCUT2D eigenvalue weighted by molar-refractivity contribution is -0.126. The molecule has 1 aliphatic rings. The molecular weight excluding hydrogens is 296 g/mol. The molecule has 2 aromatic carbocycles. The second-order valence-electron chi connectivity index (χ2n) is 5.62. The number of carbonyl (C=O) groups excluding carboxylic acids is 2. The van der Waals surface area contributed by atoms with E-state index in [1.54, 1.807) is 7.05 Å². The number of ether oxygens (including phenoxy) is 1. The lowest BCUT2D eigenvalue weighted by Crippen LogP contribution is -2.40. The molecule has 0 unspecified atom stereocenters. The van der Waals surface area contributed by atoms with Crippen LogP contribution in [0.5, 0.6) is 5.75 Å². The number of aliphatic hydroxyl groups excluding tert-OH is 1. The molecule has 1 atom stereocenters. The molecule has 3 rings (SSSR count). The van der Waals surface area contributed by atoms with Crippen molar-refractivity contribution in [1.82, 2.24) is 9.80 Å². The van der Waals surface area contributed by atoms with Crippen LogP contribution in [0.1, 0.15) is 0 Å². The van der Waals surface area contributed by atoms with Crippen molar-refractivity contribution < 1.29 is 19.4 Å². The molecule has 1 N–H and O–H groups in total. The Kier molecular flexibility index (Phi) is 4.16. The molecular formula is C17H18N2O4. The molecule has 6 heteroatoms. The van der Waals surface area contributed by atoms with Crippen molar-refractivity contribution in [2.45, 2.75) is 6.10 Å². The number of aliphatic hydroxyl groups is 1. The lowest BCUT2D eigenvalue weighted by Gasteiger charge is -2.18. The van der Waals surface area contributed by atoms with Crippen LogP contribution in [-0.2, 0) is 4.79 Å². The maximum atomic E-state index is 11.8. The van der Waals surface area contributed by atoms with Crippen molar-refractivity contribution in [3.8, 4) is 5.75 Å². The minimum absolute atomic E-state index is 0.0130. The number of likely N-dealkylation sites (N-methyl/N-ethyl adjacent to an activating group) is 1. The molecule has 1 saturated heterocycles. The van der Waals surface area contributed by atoms with Gasteiger partial charge in [-0.15, -0.1) is 0 Å². The molecule has 0 aromatic heterocycles. The highest BCUT2D eigenvalue weighted by Gasteiger charge is 2.34. The van der Waals surface area contributed by atoms with Crippen molar-refractivity contribution in [3.63, 3.8) is 0 Å². The highest BCUT2D eigenvalue weighted by Crippen LogP contribution is 2.20. The maximum Gasteiger partial charge on any atom is 0.327 e. The first-order chi connectivity index (χ1) is 11.0. The Balaban J connectivity index is 1.58. The Morgan fingerprint density at radius 2 is 1.91 bits per heavy atom. The van der Waals surface area contributed by atoms with Crippen LogP contribution in [-0.4, -0.2) is 59.7 Å². The average Bonchev–Trinajstić information content (AvgIpc) is 2.79. The standard InChI is InChI=1S/C17H18N2O4/c1-18-10-16(21)19(17(18)22)9-14(20)11-23-15-7-6-12-4-2-3-5-13(12)8-15/h2-8,14,20H,9-11H2,1H3/t14-/m1/s1. The summed E-state index contributed by atoms with van der Waals surface area (Å²) in [6.45, 7) is 0.00574. The van der Waals surface area contributed by atoms with Gasteiger partial charge in [0.1, 0.15) is 25.0 Å². The van der Waals surface area contributed by atoms with Crippen LogP contribution in [0.15, 0.2) is 42.5 Å². The van der Waals surface area contributed by atoms with Gasteiger partial charge in [0, 0.05) is 7.05 Å². The van der Waals surface area contributed by atoms with Gasteiger partial charge in [0.25, 0.3) is 0 Å². The zero-order valence-corrected chi connectivity index (χ0v) is 12.8. The summed E-state index contributed by atoms with van der Waals surface area (Å²) in [6.07, 6.45) is -0.930. The monoisotopic (exact) mass is 314 g/mol. The molecule has 3 amide bonds. The first-order valence-electron chi connectivity index (χ1n) is 7.40. The van der Waals surface area contributed by atoms with Crippen LogP contribution < -0.4 is 4.74 Å². The zero-order chi connectivity index (χ0) is 16.4. The van der Waals surface area contributed by atoms with Crippen LogP contribution in [0, 0.1) is 0 Å². The molecule has 0 radical (unpaired) electrons. The molecule has 1 aliphatic heterocycles. The van der Waals surface area contributed by atoms with E-state index in [1.165, 1.54) is 4.90 Å². The highest BCUT2D eigenvalue weighted by atomic mass is 16.5. The molecule has 1 heterocycles. The van der Waals surface area contributed by atoms with Gasteiger partial charge in [-0.1, -0.05) is 30.3 Å². The minimum atomic E-state index is -0.930. The van der Waals surface area contributed by atoms with Crippen LogP contribution in [0.3, 0.4) is 0 Å². The van der Waals surface area contributed by atoms with E-state index in [0.717, 1.165) is 15.7 Å². The summed E-state index contributed by atoms with van der Waals surface area (Å²) in [4.78, 5) is 25.8. The number of urea groups is 1. The first-order valence-corrected chi connectivity index (χ1v) is 7.40. The molecule has 0 saturated carbocycles. The van der Waals surface area contributed by atoms with E-state index in [9.17, 15) is 14.7 Å². The second kappa shape index (κ2) is 6.26. The molecule has 0 spiro atoms. The fourth-order valence-corrected chi connectivity index (χ4v) is 2.56. The Hall–Kier alpha value is -2.60. The highest BCUT2D eigenvalue weighted by molar-refractivity contribution is 6.01. The molecule has 2 aromatic rings. The van der Waals surface area contributed by atoms with Crippen LogP contribution in [0.2, 0.25) is 0 Å². The summed E-state index contributed by atoms with van der Waals surface area (Å²) < 4.78 is 5.57. The third kappa shape index (κ3) is 3.27. The summed E-state index contributed by atoms with van der Waals surface area (Å²) in [5, 5.41) is 12.2. The third-order valence-corrected chi connectivity index (χ3v) is 3.79. The lowest BCUT2D eigenvalue weighted by atomic mass is 10.1. The van der Waals surface area contributed by atoms with Gasteiger partial charge in [0.05, 0.1) is 6.54 Å². The number of fused-ring (bicyclic) bond motifs is 1. The van der Waals surface area contributed by atoms with Crippen molar-refractivity contribution in [1.29, 1.82) is 0 Å². The molecule has 0 aliphatic carbocycles. The summed E-state index contributed by atoms with van der Waals surface area (Å²) in [6, 6.07) is 13.2. The van der Waals surface area contributed by atoms with Gasteiger partial charge < -0.3 is 14.7 Å². The van der Waals surface area contributed by atoms with E-state index in [-0.39, 0.29) is 31.6 Å². The fourth-order valence-electron chi connectivity index (χ4n) is 2.56. The van der Waals surface area contributed by atoms with E-state index in [2.05, 4.69) is 0 Å². The summed E-state index contributed by atoms with van der Waals surface area (Å²) in [7, 11) is 1.55. The van der Waals surface area contributed by atoms with Crippen molar-refractivity contribution in [2.24, 2.45) is 0 Å². The van der Waals surface area contributed by atoms with Crippen LogP contribution in [0.4, 0.5) is 4.79 Å². The molecule has 1 fully saturated rings. The number of hydrogen-bond acceptors (Lipinski definition) is 4. The van der Waals surface area contributed by atoms with E-state index >= 15 is 0 Å². The maximum absolute atomic E-state index is 11.8. The predicted octanol–water partition coefficient (Wildman–Crippen LogP) is 1.47. The van der Waals surface area contributed by atoms with Crippen molar-refractivity contribution >= 4 is 22.7 Å². The Labute approximate surface area is 133 Å². The van der Waals surface area contributed by atoms with Gasteiger partial charge >= 0.3 is 6.03 Å². The van der Waals surface area contributed by atoms with Gasteiger partial charge in [-0.3, -0.25) is 9.69 Å². The average molecular weight is 314 g/mol. The van der Waals surface area contributed by atoms with Gasteiger partial charge in [0.15, 0.2) is 0 Å². The number of β-amino-alcohol motifs (C(OH)–C–C–N with tert-alkyl or cyclic N) is 1. The van der Waals surface area contributed by atoms with Crippen LogP contribution in [0.25, 0.3) is 10.8 Å². The normalized spacial score (nSPS) is 16.3. The van der Waals surface area contributed by atoms with Gasteiger partial charge in [-0.25, -0.2) is 4.79 Å². The van der Waals surface area contributed by atoms with E-state index in [1.807, 2.05) is 42.5 Å². The van der Waals surface area contributed by atoms with Crippen molar-refractivity contribution in [2.75, 3.05) is 26.7 Å². The van der Waals surface area contributed by atoms with E-state index in [0.29, 0.717) is 5.75 Å². The Morgan fingerprint density at radius 3 is 2.61 bits per heavy atom. The molecule has 6 nitrogen and oxygen atoms in total. The van der Waals surface area contributed by atoms with Crippen LogP contribution >= 0.6 is 0 Å². The van der Waals surface area contributed by atoms with E-state index < -0.39 is 6.10 Å². The second-order valence-corrected chi connectivity index (χ2v) is 5.62. The number of imide groups is 1. The van der Waals surface area contributed by atoms with E-state index in [4.69, 9.17) is 4.74 Å². The number of hydrogen-bond donors (Lipinski definition) is 1. The number of nitrogens with zero attached hydrogens (tertiary/aromatic N) is 2. The molecule has 120 valence electrons. The molecule has 23 heavy (non-hydrogen) atoms. The quantitative estimate of drug-likeness (QED) is 0.849. The number of benzene rings is 2. The Bertz CT molecular complexity index is 746. The topological polar surface area (TPSA) is 70.1 Å². The SMILES string of the molecule is CN1CC(=O)N(C[C@@H](O)COc2ccc3ccccc3c2)C1=O. The largest absolute Gasteiger partial charge is 0.491 e. The summed E-state index contributed by atoms with van der Waals surface area (Å²) in [5.74, 6) is 0.334. The smallest absolute Gasteiger partial charge is 0.327 e. The van der Waals surface area contributed by atoms with Crippen molar-refractivity contribution in [3.05, 3.63) is 42.5 Å². The van der Waals surface area contributed by atoms with Gasteiger partial charge in [-0.2, -0.15) is 0 Å². The third-order valence-electron chi connectivity index (χ3n) is 3.79. The van der Waals surface area contributed by atoms with Gasteiger partial charge in [-0.05, 0) is 22.9 Å². The summed E-state index contributed by atoms with van der Waals surface area (Å²) in [5.41, 5.74) is 0. The summed E-state index contributed by atoms with van der Waals surface area (Å²) >= 11 is 0. The minimum Gasteiger partial charge on any atom is -0.491 e. The molecule has 0 bridgehead atoms. The predicted molar refractivity (Wildman–Crippen MR) is 85.2 cm³/mol.